The second kappa shape index (κ2) is 3.45. The lowest BCUT2D eigenvalue weighted by Gasteiger charge is -2.03. The summed E-state index contributed by atoms with van der Waals surface area (Å²) in [6, 6.07) is 5.11. The summed E-state index contributed by atoms with van der Waals surface area (Å²) >= 11 is 5.71. The van der Waals surface area contributed by atoms with E-state index in [1.807, 2.05) is 13.0 Å². The van der Waals surface area contributed by atoms with Gasteiger partial charge in [-0.05, 0) is 24.6 Å². The van der Waals surface area contributed by atoms with Crippen molar-refractivity contribution in [2.24, 2.45) is 5.73 Å². The van der Waals surface area contributed by atoms with Gasteiger partial charge in [0, 0.05) is 0 Å². The molecule has 2 N–H and O–H groups in total. The number of ether oxygens (including phenoxy) is 1. The van der Waals surface area contributed by atoms with E-state index in [4.69, 9.17) is 17.3 Å². The van der Waals surface area contributed by atoms with Crippen LogP contribution in [-0.2, 0) is 0 Å². The van der Waals surface area contributed by atoms with Crippen LogP contribution in [0.25, 0.3) is 0 Å². The fraction of sp³-hybridized carbons (Fsp3) is 0.125. The third-order valence-corrected chi connectivity index (χ3v) is 1.61. The van der Waals surface area contributed by atoms with Crippen molar-refractivity contribution in [2.75, 3.05) is 0 Å². The SMILES string of the molecule is Cc1ccc(Cl)c(OC(N)=O)c1. The molecule has 0 aliphatic carbocycles. The van der Waals surface area contributed by atoms with Gasteiger partial charge in [0.05, 0.1) is 5.02 Å². The highest BCUT2D eigenvalue weighted by Gasteiger charge is 2.03. The van der Waals surface area contributed by atoms with E-state index < -0.39 is 6.09 Å². The maximum atomic E-state index is 10.4. The van der Waals surface area contributed by atoms with E-state index >= 15 is 0 Å². The van der Waals surface area contributed by atoms with Gasteiger partial charge in [-0.2, -0.15) is 0 Å². The maximum absolute atomic E-state index is 10.4. The highest BCUT2D eigenvalue weighted by atomic mass is 35.5. The minimum absolute atomic E-state index is 0.296. The molecular formula is C8H8ClNO2. The molecule has 1 aromatic rings. The van der Waals surface area contributed by atoms with E-state index in [-0.39, 0.29) is 0 Å². The van der Waals surface area contributed by atoms with Gasteiger partial charge in [-0.3, -0.25) is 0 Å². The Balaban J connectivity index is 2.97. The smallest absolute Gasteiger partial charge is 0.409 e. The number of benzene rings is 1. The van der Waals surface area contributed by atoms with E-state index in [0.717, 1.165) is 5.56 Å². The number of carbonyl (C=O) groups excluding carboxylic acids is 1. The molecule has 64 valence electrons. The van der Waals surface area contributed by atoms with Crippen molar-refractivity contribution in [1.82, 2.24) is 0 Å². The number of primary amides is 1. The predicted molar refractivity (Wildman–Crippen MR) is 46.4 cm³/mol. The monoisotopic (exact) mass is 185 g/mol. The highest BCUT2D eigenvalue weighted by molar-refractivity contribution is 6.32. The average molecular weight is 186 g/mol. The number of aryl methyl sites for hydroxylation is 1. The van der Waals surface area contributed by atoms with Gasteiger partial charge in [-0.25, -0.2) is 4.79 Å². The van der Waals surface area contributed by atoms with Gasteiger partial charge in [0.15, 0.2) is 5.75 Å². The first-order valence-electron chi connectivity index (χ1n) is 3.33. The van der Waals surface area contributed by atoms with Crippen LogP contribution in [0.3, 0.4) is 0 Å². The zero-order valence-electron chi connectivity index (χ0n) is 6.50. The molecule has 0 aliphatic heterocycles. The van der Waals surface area contributed by atoms with Crippen LogP contribution in [0.5, 0.6) is 5.75 Å². The standard InChI is InChI=1S/C8H8ClNO2/c1-5-2-3-6(9)7(4-5)12-8(10)11/h2-4H,1H3,(H2,10,11). The van der Waals surface area contributed by atoms with Gasteiger partial charge in [0.2, 0.25) is 0 Å². The molecule has 0 bridgehead atoms. The van der Waals surface area contributed by atoms with Crippen LogP contribution in [0.15, 0.2) is 18.2 Å². The van der Waals surface area contributed by atoms with Crippen LogP contribution in [-0.4, -0.2) is 6.09 Å². The molecule has 0 aliphatic rings. The summed E-state index contributed by atoms with van der Waals surface area (Å²) in [5.74, 6) is 0.296. The molecule has 12 heavy (non-hydrogen) atoms. The molecule has 0 heterocycles. The molecule has 0 saturated heterocycles. The van der Waals surface area contributed by atoms with Crippen molar-refractivity contribution in [2.45, 2.75) is 6.92 Å². The Kier molecular flexibility index (Phi) is 2.55. The van der Waals surface area contributed by atoms with Crippen LogP contribution < -0.4 is 10.5 Å². The summed E-state index contributed by atoms with van der Waals surface area (Å²) < 4.78 is 4.63. The van der Waals surface area contributed by atoms with E-state index in [0.29, 0.717) is 10.8 Å². The molecule has 3 nitrogen and oxygen atoms in total. The van der Waals surface area contributed by atoms with E-state index in [1.165, 1.54) is 0 Å². The summed E-state index contributed by atoms with van der Waals surface area (Å²) in [5, 5.41) is 0.374. The molecule has 0 spiro atoms. The average Bonchev–Trinajstić information content (AvgIpc) is 1.96. The molecular weight excluding hydrogens is 178 g/mol. The molecule has 0 fully saturated rings. The lowest BCUT2D eigenvalue weighted by molar-refractivity contribution is 0.211. The summed E-state index contributed by atoms with van der Waals surface area (Å²) in [4.78, 5) is 10.4. The fourth-order valence-electron chi connectivity index (χ4n) is 0.797. The van der Waals surface area contributed by atoms with Gasteiger partial charge < -0.3 is 10.5 Å². The largest absolute Gasteiger partial charge is 0.410 e. The Morgan fingerprint density at radius 1 is 1.58 bits per heavy atom. The Bertz CT molecular complexity index is 312. The quantitative estimate of drug-likeness (QED) is 0.729. The number of nitrogens with two attached hydrogens (primary N) is 1. The predicted octanol–water partition coefficient (Wildman–Crippen LogP) is 2.11. The van der Waals surface area contributed by atoms with Crippen molar-refractivity contribution >= 4 is 17.7 Å². The maximum Gasteiger partial charge on any atom is 0.410 e. The lowest BCUT2D eigenvalue weighted by atomic mass is 10.2. The van der Waals surface area contributed by atoms with Crippen molar-refractivity contribution in [3.63, 3.8) is 0 Å². The number of amides is 1. The van der Waals surface area contributed by atoms with E-state index in [9.17, 15) is 4.79 Å². The lowest BCUT2D eigenvalue weighted by Crippen LogP contribution is -2.16. The zero-order valence-corrected chi connectivity index (χ0v) is 7.26. The number of rotatable bonds is 1. The van der Waals surface area contributed by atoms with Gasteiger partial charge in [0.25, 0.3) is 0 Å². The third kappa shape index (κ3) is 2.13. The fourth-order valence-corrected chi connectivity index (χ4v) is 0.953. The Morgan fingerprint density at radius 3 is 2.83 bits per heavy atom. The summed E-state index contributed by atoms with van der Waals surface area (Å²) in [6.07, 6.45) is -0.859. The second-order valence-electron chi connectivity index (χ2n) is 2.35. The normalized spacial score (nSPS) is 9.50. The molecule has 0 aromatic heterocycles. The topological polar surface area (TPSA) is 52.3 Å². The molecule has 1 amide bonds. The first kappa shape index (κ1) is 8.87. The van der Waals surface area contributed by atoms with Crippen LogP contribution >= 0.6 is 11.6 Å². The molecule has 0 atom stereocenters. The van der Waals surface area contributed by atoms with E-state index in [1.54, 1.807) is 12.1 Å². The minimum atomic E-state index is -0.859. The Labute approximate surface area is 75.1 Å². The van der Waals surface area contributed by atoms with Crippen molar-refractivity contribution in [3.8, 4) is 5.75 Å². The number of carbonyl (C=O) groups is 1. The molecule has 0 radical (unpaired) electrons. The van der Waals surface area contributed by atoms with E-state index in [2.05, 4.69) is 4.74 Å². The number of hydrogen-bond donors (Lipinski definition) is 1. The zero-order chi connectivity index (χ0) is 9.14. The third-order valence-electron chi connectivity index (χ3n) is 1.30. The van der Waals surface area contributed by atoms with Crippen LogP contribution in [0.2, 0.25) is 5.02 Å². The summed E-state index contributed by atoms with van der Waals surface area (Å²) in [5.41, 5.74) is 5.78. The molecule has 1 rings (SSSR count). The number of hydrogen-bond acceptors (Lipinski definition) is 2. The van der Waals surface area contributed by atoms with Crippen molar-refractivity contribution in [3.05, 3.63) is 28.8 Å². The molecule has 0 saturated carbocycles. The number of halogens is 1. The van der Waals surface area contributed by atoms with Crippen LogP contribution in [0.4, 0.5) is 4.79 Å². The van der Waals surface area contributed by atoms with Crippen molar-refractivity contribution < 1.29 is 9.53 Å². The van der Waals surface area contributed by atoms with Gasteiger partial charge in [0.1, 0.15) is 0 Å². The highest BCUT2D eigenvalue weighted by Crippen LogP contribution is 2.24. The minimum Gasteiger partial charge on any atom is -0.409 e. The molecule has 0 unspecified atom stereocenters. The second-order valence-corrected chi connectivity index (χ2v) is 2.76. The Morgan fingerprint density at radius 2 is 2.25 bits per heavy atom. The molecule has 4 heteroatoms. The summed E-state index contributed by atoms with van der Waals surface area (Å²) in [7, 11) is 0. The molecule has 1 aromatic carbocycles. The van der Waals surface area contributed by atoms with Crippen LogP contribution in [0.1, 0.15) is 5.56 Å². The van der Waals surface area contributed by atoms with Crippen LogP contribution in [0, 0.1) is 6.92 Å². The summed E-state index contributed by atoms with van der Waals surface area (Å²) in [6.45, 7) is 1.87. The van der Waals surface area contributed by atoms with Crippen molar-refractivity contribution in [1.29, 1.82) is 0 Å². The first-order valence-corrected chi connectivity index (χ1v) is 3.71. The van der Waals surface area contributed by atoms with Gasteiger partial charge >= 0.3 is 6.09 Å². The van der Waals surface area contributed by atoms with Gasteiger partial charge in [-0.15, -0.1) is 0 Å². The van der Waals surface area contributed by atoms with Gasteiger partial charge in [-0.1, -0.05) is 17.7 Å². The first-order chi connectivity index (χ1) is 5.59. The Hall–Kier alpha value is -1.22.